The minimum absolute atomic E-state index is 0.238. The van der Waals surface area contributed by atoms with Gasteiger partial charge in [0, 0.05) is 0 Å². The summed E-state index contributed by atoms with van der Waals surface area (Å²) in [4.78, 5) is 12.5. The van der Waals surface area contributed by atoms with Crippen molar-refractivity contribution in [1.29, 1.82) is 0 Å². The number of carbonyl (C=O) groups is 1. The van der Waals surface area contributed by atoms with E-state index in [9.17, 15) is 4.79 Å². The lowest BCUT2D eigenvalue weighted by Crippen LogP contribution is -2.30. The van der Waals surface area contributed by atoms with Crippen molar-refractivity contribution in [2.45, 2.75) is 64.2 Å². The Morgan fingerprint density at radius 1 is 1.00 bits per heavy atom. The van der Waals surface area contributed by atoms with Crippen molar-refractivity contribution in [3.8, 4) is 11.5 Å². The van der Waals surface area contributed by atoms with E-state index in [1.54, 1.807) is 43.5 Å². The molecular weight excluding hydrogens is 415 g/mol. The highest BCUT2D eigenvalue weighted by Crippen LogP contribution is 2.48. The van der Waals surface area contributed by atoms with Crippen LogP contribution < -0.4 is 9.47 Å². The number of carbonyl (C=O) groups excluding carboxylic acids is 1. The minimum Gasteiger partial charge on any atom is -0.497 e. The van der Waals surface area contributed by atoms with E-state index in [0.717, 1.165) is 30.2 Å². The highest BCUT2D eigenvalue weighted by molar-refractivity contribution is 5.91. The molecule has 0 aliphatic heterocycles. The van der Waals surface area contributed by atoms with Crippen LogP contribution in [0.25, 0.3) is 0 Å². The van der Waals surface area contributed by atoms with Crippen molar-refractivity contribution in [2.24, 2.45) is 17.8 Å². The van der Waals surface area contributed by atoms with E-state index in [1.807, 2.05) is 0 Å². The molecule has 4 heteroatoms. The quantitative estimate of drug-likeness (QED) is 0.246. The van der Waals surface area contributed by atoms with Gasteiger partial charge in [-0.15, -0.1) is 0 Å². The number of rotatable bonds is 7. The van der Waals surface area contributed by atoms with Crippen LogP contribution in [0.2, 0.25) is 0 Å². The summed E-state index contributed by atoms with van der Waals surface area (Å²) >= 11 is 0. The van der Waals surface area contributed by atoms with Gasteiger partial charge >= 0.3 is 5.97 Å². The SMILES string of the molecule is C/C=C/CCC1CCC2CC(c3ccc(C(=O)Oc4ccc(OC)cc4)cc3F)CCC2C1. The third kappa shape index (κ3) is 5.85. The zero-order valence-electron chi connectivity index (χ0n) is 19.8. The van der Waals surface area contributed by atoms with E-state index in [4.69, 9.17) is 9.47 Å². The molecule has 0 saturated heterocycles. The fourth-order valence-corrected chi connectivity index (χ4v) is 5.82. The molecule has 0 aromatic heterocycles. The molecule has 0 bridgehead atoms. The molecule has 2 aromatic carbocycles. The van der Waals surface area contributed by atoms with Crippen LogP contribution in [-0.2, 0) is 0 Å². The van der Waals surface area contributed by atoms with Crippen LogP contribution in [0.4, 0.5) is 4.39 Å². The Morgan fingerprint density at radius 3 is 2.45 bits per heavy atom. The molecule has 2 aromatic rings. The largest absolute Gasteiger partial charge is 0.497 e. The summed E-state index contributed by atoms with van der Waals surface area (Å²) in [5, 5.41) is 0. The second-order valence-electron chi connectivity index (χ2n) is 9.66. The van der Waals surface area contributed by atoms with Crippen LogP contribution in [0.5, 0.6) is 11.5 Å². The number of hydrogen-bond donors (Lipinski definition) is 0. The van der Waals surface area contributed by atoms with E-state index >= 15 is 4.39 Å². The van der Waals surface area contributed by atoms with Crippen LogP contribution in [-0.4, -0.2) is 13.1 Å². The van der Waals surface area contributed by atoms with Gasteiger partial charge in [-0.25, -0.2) is 9.18 Å². The van der Waals surface area contributed by atoms with Gasteiger partial charge in [-0.1, -0.05) is 24.6 Å². The van der Waals surface area contributed by atoms with Gasteiger partial charge in [0.05, 0.1) is 12.7 Å². The van der Waals surface area contributed by atoms with E-state index in [-0.39, 0.29) is 17.3 Å². The molecule has 0 spiro atoms. The molecule has 2 fully saturated rings. The number of methoxy groups -OCH3 is 1. The summed E-state index contributed by atoms with van der Waals surface area (Å²) in [7, 11) is 1.58. The Morgan fingerprint density at radius 2 is 1.73 bits per heavy atom. The number of benzene rings is 2. The lowest BCUT2D eigenvalue weighted by molar-refractivity contribution is 0.0734. The van der Waals surface area contributed by atoms with Gasteiger partial charge in [0.15, 0.2) is 0 Å². The minimum atomic E-state index is -0.550. The van der Waals surface area contributed by atoms with Crippen LogP contribution in [0.3, 0.4) is 0 Å². The molecule has 2 saturated carbocycles. The molecule has 4 unspecified atom stereocenters. The monoisotopic (exact) mass is 450 g/mol. The standard InChI is InChI=1S/C29H35FO3/c1-3-4-5-6-20-7-8-22-18-23(10-9-21(22)17-20)27-16-11-24(19-28(27)30)29(31)33-26-14-12-25(32-2)13-15-26/h3-4,11-16,19-23H,5-10,17-18H2,1-2H3/b4-3+. The van der Waals surface area contributed by atoms with Crippen molar-refractivity contribution in [3.05, 3.63) is 71.6 Å². The third-order valence-corrected chi connectivity index (χ3v) is 7.64. The number of halogens is 1. The summed E-state index contributed by atoms with van der Waals surface area (Å²) in [5.74, 6) is 2.86. The van der Waals surface area contributed by atoms with Gasteiger partial charge in [0.25, 0.3) is 0 Å². The maximum absolute atomic E-state index is 15.1. The molecule has 0 amide bonds. The fourth-order valence-electron chi connectivity index (χ4n) is 5.82. The molecule has 2 aliphatic rings. The smallest absolute Gasteiger partial charge is 0.343 e. The maximum atomic E-state index is 15.1. The number of hydrogen-bond acceptors (Lipinski definition) is 3. The van der Waals surface area contributed by atoms with Crippen molar-refractivity contribution >= 4 is 5.97 Å². The number of esters is 1. The summed E-state index contributed by atoms with van der Waals surface area (Å²) in [6.45, 7) is 2.09. The summed E-state index contributed by atoms with van der Waals surface area (Å²) in [6.07, 6.45) is 14.1. The van der Waals surface area contributed by atoms with Crippen molar-refractivity contribution < 1.29 is 18.7 Å². The number of allylic oxidation sites excluding steroid dienone is 2. The number of ether oxygens (including phenoxy) is 2. The molecule has 3 nitrogen and oxygen atoms in total. The predicted molar refractivity (Wildman–Crippen MR) is 129 cm³/mol. The van der Waals surface area contributed by atoms with E-state index < -0.39 is 5.97 Å². The van der Waals surface area contributed by atoms with Crippen molar-refractivity contribution in [2.75, 3.05) is 7.11 Å². The average molecular weight is 451 g/mol. The van der Waals surface area contributed by atoms with Crippen LogP contribution in [0, 0.1) is 23.6 Å². The molecular formula is C29H35FO3. The van der Waals surface area contributed by atoms with E-state index in [2.05, 4.69) is 19.1 Å². The molecule has 4 rings (SSSR count). The Balaban J connectivity index is 1.35. The molecule has 0 radical (unpaired) electrons. The van der Waals surface area contributed by atoms with Gasteiger partial charge in [-0.05, 0) is 118 Å². The Hall–Kier alpha value is -2.62. The highest BCUT2D eigenvalue weighted by atomic mass is 19.1. The number of fused-ring (bicyclic) bond motifs is 1. The molecule has 33 heavy (non-hydrogen) atoms. The first kappa shape index (κ1) is 23.5. The topological polar surface area (TPSA) is 35.5 Å². The lowest BCUT2D eigenvalue weighted by Gasteiger charge is -2.42. The third-order valence-electron chi connectivity index (χ3n) is 7.64. The zero-order valence-corrected chi connectivity index (χ0v) is 19.8. The van der Waals surface area contributed by atoms with Gasteiger partial charge in [-0.3, -0.25) is 0 Å². The van der Waals surface area contributed by atoms with Crippen molar-refractivity contribution in [3.63, 3.8) is 0 Å². The highest BCUT2D eigenvalue weighted by Gasteiger charge is 2.36. The molecule has 2 aliphatic carbocycles. The first-order valence-corrected chi connectivity index (χ1v) is 12.3. The van der Waals surface area contributed by atoms with Gasteiger partial charge in [0.1, 0.15) is 17.3 Å². The van der Waals surface area contributed by atoms with Gasteiger partial charge in [-0.2, -0.15) is 0 Å². The maximum Gasteiger partial charge on any atom is 0.343 e. The average Bonchev–Trinajstić information content (AvgIpc) is 2.84. The first-order chi connectivity index (χ1) is 16.1. The molecule has 0 N–H and O–H groups in total. The van der Waals surface area contributed by atoms with Crippen LogP contribution in [0.15, 0.2) is 54.6 Å². The molecule has 0 heterocycles. The second kappa shape index (κ2) is 11.0. The Kier molecular flexibility index (Phi) is 7.85. The van der Waals surface area contributed by atoms with Crippen molar-refractivity contribution in [1.82, 2.24) is 0 Å². The van der Waals surface area contributed by atoms with E-state index in [1.165, 1.54) is 44.6 Å². The molecule has 176 valence electrons. The lowest BCUT2D eigenvalue weighted by atomic mass is 9.63. The summed E-state index contributed by atoms with van der Waals surface area (Å²) in [6, 6.07) is 11.6. The van der Waals surface area contributed by atoms with Gasteiger partial charge < -0.3 is 9.47 Å². The predicted octanol–water partition coefficient (Wildman–Crippen LogP) is 7.71. The Bertz CT molecular complexity index is 965. The fraction of sp³-hybridized carbons (Fsp3) is 0.483. The summed E-state index contributed by atoms with van der Waals surface area (Å²) < 4.78 is 25.6. The zero-order chi connectivity index (χ0) is 23.2. The second-order valence-corrected chi connectivity index (χ2v) is 9.66. The van der Waals surface area contributed by atoms with E-state index in [0.29, 0.717) is 17.4 Å². The van der Waals surface area contributed by atoms with Crippen LogP contribution in [0.1, 0.15) is 80.1 Å². The van der Waals surface area contributed by atoms with Gasteiger partial charge in [0.2, 0.25) is 0 Å². The van der Waals surface area contributed by atoms with Crippen LogP contribution >= 0.6 is 0 Å². The Labute approximate surface area is 197 Å². The molecule has 4 atom stereocenters. The first-order valence-electron chi connectivity index (χ1n) is 12.3. The normalized spacial score (nSPS) is 24.9. The summed E-state index contributed by atoms with van der Waals surface area (Å²) in [5.41, 5.74) is 0.993.